The van der Waals surface area contributed by atoms with Crippen LogP contribution in [0.15, 0.2) is 0 Å². The molecule has 14 heavy (non-hydrogen) atoms. The van der Waals surface area contributed by atoms with Gasteiger partial charge in [0.1, 0.15) is 6.17 Å². The molecule has 0 aromatic rings. The van der Waals surface area contributed by atoms with E-state index in [1.807, 2.05) is 0 Å². The van der Waals surface area contributed by atoms with Gasteiger partial charge in [0.25, 0.3) is 0 Å². The molecule has 0 N–H and O–H groups in total. The Bertz CT molecular complexity index is 337. The molecule has 0 aromatic heterocycles. The van der Waals surface area contributed by atoms with Crippen LogP contribution in [0.4, 0.5) is 4.39 Å². The summed E-state index contributed by atoms with van der Waals surface area (Å²) in [5, 5.41) is 0. The molecule has 0 spiro atoms. The maximum atomic E-state index is 13.5. The van der Waals surface area contributed by atoms with Gasteiger partial charge in [-0.1, -0.05) is 0 Å². The van der Waals surface area contributed by atoms with Crippen molar-refractivity contribution in [3.63, 3.8) is 0 Å². The fourth-order valence-corrected chi connectivity index (χ4v) is 3.19. The summed E-state index contributed by atoms with van der Waals surface area (Å²) < 4.78 is 40.1. The summed E-state index contributed by atoms with van der Waals surface area (Å²) in [6.45, 7) is 1.40. The van der Waals surface area contributed by atoms with Gasteiger partial charge in [-0.05, 0) is 13.3 Å². The van der Waals surface area contributed by atoms with E-state index in [4.69, 9.17) is 0 Å². The van der Waals surface area contributed by atoms with E-state index < -0.39 is 33.1 Å². The Morgan fingerprint density at radius 1 is 1.57 bits per heavy atom. The Morgan fingerprint density at radius 3 is 2.57 bits per heavy atom. The first-order valence-corrected chi connectivity index (χ1v) is 6.07. The molecule has 1 aliphatic rings. The largest absolute Gasteiger partial charge is 0.469 e. The Morgan fingerprint density at radius 2 is 2.14 bits per heavy atom. The van der Waals surface area contributed by atoms with Crippen LogP contribution in [0.3, 0.4) is 0 Å². The molecule has 1 fully saturated rings. The third kappa shape index (κ3) is 1.89. The number of esters is 1. The SMILES string of the molecule is COC(=O)C1(C)CCS(=O)(=O)CC1F. The minimum atomic E-state index is -3.33. The molecule has 1 heterocycles. The van der Waals surface area contributed by atoms with Crippen LogP contribution in [0, 0.1) is 5.41 Å². The maximum Gasteiger partial charge on any atom is 0.314 e. The van der Waals surface area contributed by atoms with Crippen molar-refractivity contribution in [1.29, 1.82) is 0 Å². The van der Waals surface area contributed by atoms with Crippen molar-refractivity contribution in [2.24, 2.45) is 5.41 Å². The Hall–Kier alpha value is -0.650. The van der Waals surface area contributed by atoms with Crippen molar-refractivity contribution in [3.8, 4) is 0 Å². The number of carbonyl (C=O) groups excluding carboxylic acids is 1. The van der Waals surface area contributed by atoms with E-state index in [-0.39, 0.29) is 12.2 Å². The first kappa shape index (κ1) is 11.4. The van der Waals surface area contributed by atoms with Gasteiger partial charge in [0.05, 0.1) is 24.0 Å². The number of hydrogen-bond acceptors (Lipinski definition) is 4. The van der Waals surface area contributed by atoms with Crippen LogP contribution in [0.25, 0.3) is 0 Å². The summed E-state index contributed by atoms with van der Waals surface area (Å²) in [7, 11) is -2.16. The third-order valence-corrected chi connectivity index (χ3v) is 4.30. The number of rotatable bonds is 1. The van der Waals surface area contributed by atoms with Crippen molar-refractivity contribution < 1.29 is 22.3 Å². The summed E-state index contributed by atoms with van der Waals surface area (Å²) in [5.74, 6) is -1.42. The predicted molar refractivity (Wildman–Crippen MR) is 48.3 cm³/mol. The van der Waals surface area contributed by atoms with Gasteiger partial charge in [-0.25, -0.2) is 12.8 Å². The van der Waals surface area contributed by atoms with Crippen molar-refractivity contribution >= 4 is 15.8 Å². The number of alkyl halides is 1. The minimum Gasteiger partial charge on any atom is -0.469 e. The van der Waals surface area contributed by atoms with Gasteiger partial charge in [-0.15, -0.1) is 0 Å². The molecule has 0 aromatic carbocycles. The van der Waals surface area contributed by atoms with Crippen LogP contribution in [-0.4, -0.2) is 39.2 Å². The Labute approximate surface area is 82.4 Å². The minimum absolute atomic E-state index is 0.0107. The number of sulfone groups is 1. The van der Waals surface area contributed by atoms with E-state index in [0.717, 1.165) is 0 Å². The van der Waals surface area contributed by atoms with E-state index in [9.17, 15) is 17.6 Å². The average Bonchev–Trinajstić information content (AvgIpc) is 2.10. The van der Waals surface area contributed by atoms with Gasteiger partial charge in [0.15, 0.2) is 9.84 Å². The Kier molecular flexibility index (Phi) is 2.85. The normalized spacial score (nSPS) is 36.4. The highest BCUT2D eigenvalue weighted by atomic mass is 32.2. The van der Waals surface area contributed by atoms with E-state index in [1.54, 1.807) is 0 Å². The molecule has 0 aliphatic carbocycles. The molecule has 6 heteroatoms. The smallest absolute Gasteiger partial charge is 0.314 e. The quantitative estimate of drug-likeness (QED) is 0.602. The molecule has 2 atom stereocenters. The first-order chi connectivity index (χ1) is 6.32. The summed E-state index contributed by atoms with van der Waals surface area (Å²) in [4.78, 5) is 11.3. The van der Waals surface area contributed by atoms with Crippen molar-refractivity contribution in [2.75, 3.05) is 18.6 Å². The molecule has 1 saturated heterocycles. The second kappa shape index (κ2) is 3.49. The monoisotopic (exact) mass is 224 g/mol. The van der Waals surface area contributed by atoms with Crippen LogP contribution in [0.2, 0.25) is 0 Å². The Balaban J connectivity index is 2.90. The van der Waals surface area contributed by atoms with Crippen LogP contribution in [0.1, 0.15) is 13.3 Å². The summed E-state index contributed by atoms with van der Waals surface area (Å²) in [5.41, 5.74) is -1.31. The highest BCUT2D eigenvalue weighted by Gasteiger charge is 2.48. The van der Waals surface area contributed by atoms with Gasteiger partial charge in [0.2, 0.25) is 0 Å². The second-order valence-electron chi connectivity index (χ2n) is 3.74. The molecular formula is C8H13FO4S. The lowest BCUT2D eigenvalue weighted by atomic mass is 9.83. The van der Waals surface area contributed by atoms with Crippen LogP contribution in [0.5, 0.6) is 0 Å². The molecule has 82 valence electrons. The van der Waals surface area contributed by atoms with Crippen LogP contribution in [-0.2, 0) is 19.4 Å². The molecule has 0 amide bonds. The lowest BCUT2D eigenvalue weighted by Gasteiger charge is -2.33. The highest BCUT2D eigenvalue weighted by Crippen LogP contribution is 2.35. The summed E-state index contributed by atoms with van der Waals surface area (Å²) >= 11 is 0. The van der Waals surface area contributed by atoms with E-state index in [1.165, 1.54) is 14.0 Å². The fourth-order valence-electron chi connectivity index (χ4n) is 1.48. The molecular weight excluding hydrogens is 211 g/mol. The molecule has 4 nitrogen and oxygen atoms in total. The zero-order chi connectivity index (χ0) is 11.0. The van der Waals surface area contributed by atoms with E-state index in [2.05, 4.69) is 4.74 Å². The van der Waals surface area contributed by atoms with Gasteiger partial charge < -0.3 is 4.74 Å². The van der Waals surface area contributed by atoms with Gasteiger partial charge in [0, 0.05) is 0 Å². The standard InChI is InChI=1S/C8H13FO4S/c1-8(7(10)13-2)3-4-14(11,12)5-6(8)9/h6H,3-5H2,1-2H3. The fraction of sp³-hybridized carbons (Fsp3) is 0.875. The second-order valence-corrected chi connectivity index (χ2v) is 5.97. The number of carbonyl (C=O) groups is 1. The zero-order valence-corrected chi connectivity index (χ0v) is 8.93. The van der Waals surface area contributed by atoms with Crippen LogP contribution >= 0.6 is 0 Å². The van der Waals surface area contributed by atoms with Gasteiger partial charge in [-0.3, -0.25) is 4.79 Å². The van der Waals surface area contributed by atoms with E-state index >= 15 is 0 Å². The lowest BCUT2D eigenvalue weighted by molar-refractivity contribution is -0.155. The number of methoxy groups -OCH3 is 1. The lowest BCUT2D eigenvalue weighted by Crippen LogP contribution is -2.47. The summed E-state index contributed by atoms with van der Waals surface area (Å²) in [6.07, 6.45) is -1.68. The van der Waals surface area contributed by atoms with Crippen molar-refractivity contribution in [2.45, 2.75) is 19.5 Å². The molecule has 0 bridgehead atoms. The topological polar surface area (TPSA) is 60.4 Å². The molecule has 1 rings (SSSR count). The van der Waals surface area contributed by atoms with Crippen molar-refractivity contribution in [1.82, 2.24) is 0 Å². The predicted octanol–water partition coefficient (Wildman–Crippen LogP) is 0.322. The van der Waals surface area contributed by atoms with Gasteiger partial charge in [-0.2, -0.15) is 0 Å². The summed E-state index contributed by atoms with van der Waals surface area (Å²) in [6, 6.07) is 0. The maximum absolute atomic E-state index is 13.5. The first-order valence-electron chi connectivity index (χ1n) is 4.25. The van der Waals surface area contributed by atoms with Crippen molar-refractivity contribution in [3.05, 3.63) is 0 Å². The molecule has 2 unspecified atom stereocenters. The molecule has 0 radical (unpaired) electrons. The zero-order valence-electron chi connectivity index (χ0n) is 8.12. The number of hydrogen-bond donors (Lipinski definition) is 0. The average molecular weight is 224 g/mol. The van der Waals surface area contributed by atoms with E-state index in [0.29, 0.717) is 0 Å². The number of ether oxygens (including phenoxy) is 1. The highest BCUT2D eigenvalue weighted by molar-refractivity contribution is 7.91. The molecule has 1 aliphatic heterocycles. The number of halogens is 1. The van der Waals surface area contributed by atoms with Gasteiger partial charge >= 0.3 is 5.97 Å². The molecule has 0 saturated carbocycles. The van der Waals surface area contributed by atoms with Crippen LogP contribution < -0.4 is 0 Å². The third-order valence-electron chi connectivity index (χ3n) is 2.68.